The monoisotopic (exact) mass is 270 g/mol. The van der Waals surface area contributed by atoms with E-state index in [0.29, 0.717) is 13.0 Å². The first kappa shape index (κ1) is 12.8. The fourth-order valence-electron chi connectivity index (χ4n) is 2.54. The molecule has 20 heavy (non-hydrogen) atoms. The number of ether oxygens (including phenoxy) is 1. The van der Waals surface area contributed by atoms with Gasteiger partial charge in [0.05, 0.1) is 18.8 Å². The van der Waals surface area contributed by atoms with Gasteiger partial charge in [-0.05, 0) is 43.3 Å². The van der Waals surface area contributed by atoms with E-state index in [1.807, 2.05) is 43.3 Å². The van der Waals surface area contributed by atoms with Gasteiger partial charge < -0.3 is 14.6 Å². The molecule has 104 valence electrons. The Balaban J connectivity index is 1.65. The number of carbonyl (C=O) groups is 1. The van der Waals surface area contributed by atoms with Gasteiger partial charge in [0, 0.05) is 24.3 Å². The first-order valence-electron chi connectivity index (χ1n) is 6.96. The normalized spacial score (nSPS) is 13.3. The summed E-state index contributed by atoms with van der Waals surface area (Å²) in [6, 6.07) is 11.9. The van der Waals surface area contributed by atoms with E-state index < -0.39 is 0 Å². The largest absolute Gasteiger partial charge is 0.494 e. The van der Waals surface area contributed by atoms with Crippen molar-refractivity contribution in [3.05, 3.63) is 47.8 Å². The Hall–Kier alpha value is -2.23. The zero-order valence-corrected chi connectivity index (χ0v) is 11.6. The van der Waals surface area contributed by atoms with E-state index in [2.05, 4.69) is 9.88 Å². The van der Waals surface area contributed by atoms with Gasteiger partial charge >= 0.3 is 0 Å². The lowest BCUT2D eigenvalue weighted by Gasteiger charge is -2.09. The van der Waals surface area contributed by atoms with Gasteiger partial charge in [0.15, 0.2) is 5.78 Å². The Kier molecular flexibility index (Phi) is 3.46. The molecule has 4 nitrogen and oxygen atoms in total. The van der Waals surface area contributed by atoms with Crippen LogP contribution in [0.15, 0.2) is 36.4 Å². The van der Waals surface area contributed by atoms with Crippen LogP contribution in [0.25, 0.3) is 0 Å². The summed E-state index contributed by atoms with van der Waals surface area (Å²) < 4.78 is 7.52. The predicted octanol–water partition coefficient (Wildman–Crippen LogP) is 3.09. The van der Waals surface area contributed by atoms with Crippen molar-refractivity contribution < 1.29 is 9.53 Å². The lowest BCUT2D eigenvalue weighted by atomic mass is 10.2. The third kappa shape index (κ3) is 2.41. The molecule has 0 saturated carbocycles. The van der Waals surface area contributed by atoms with Gasteiger partial charge in [-0.15, -0.1) is 0 Å². The topological polar surface area (TPSA) is 43.3 Å². The summed E-state index contributed by atoms with van der Waals surface area (Å²) in [4.78, 5) is 11.6. The number of Topliss-reactive ketones (excluding diaryl/α,β-unsaturated/α-hetero) is 1. The highest BCUT2D eigenvalue weighted by atomic mass is 16.5. The van der Waals surface area contributed by atoms with Gasteiger partial charge in [0.1, 0.15) is 5.75 Å². The summed E-state index contributed by atoms with van der Waals surface area (Å²) in [5.41, 5.74) is 3.04. The zero-order chi connectivity index (χ0) is 13.9. The summed E-state index contributed by atoms with van der Waals surface area (Å²) in [6.07, 6.45) is 0.631. The molecule has 3 rings (SSSR count). The second kappa shape index (κ2) is 5.41. The Morgan fingerprint density at radius 3 is 2.75 bits per heavy atom. The minimum atomic E-state index is 0.248. The third-order valence-corrected chi connectivity index (χ3v) is 3.56. The molecule has 1 aromatic carbocycles. The van der Waals surface area contributed by atoms with Crippen molar-refractivity contribution in [2.45, 2.75) is 26.4 Å². The summed E-state index contributed by atoms with van der Waals surface area (Å²) in [5, 5.41) is 3.37. The van der Waals surface area contributed by atoms with E-state index in [9.17, 15) is 4.79 Å². The number of rotatable bonds is 5. The fourth-order valence-corrected chi connectivity index (χ4v) is 2.54. The maximum Gasteiger partial charge on any atom is 0.180 e. The number of hydrogen-bond donors (Lipinski definition) is 1. The van der Waals surface area contributed by atoms with Gasteiger partial charge in [-0.1, -0.05) is 0 Å². The molecule has 0 spiro atoms. The van der Waals surface area contributed by atoms with Gasteiger partial charge in [0.2, 0.25) is 0 Å². The smallest absolute Gasteiger partial charge is 0.180 e. The van der Waals surface area contributed by atoms with E-state index >= 15 is 0 Å². The van der Waals surface area contributed by atoms with Crippen molar-refractivity contribution in [1.29, 1.82) is 0 Å². The number of anilines is 1. The number of fused-ring (bicyclic) bond motifs is 1. The minimum Gasteiger partial charge on any atom is -0.494 e. The van der Waals surface area contributed by atoms with E-state index in [4.69, 9.17) is 4.74 Å². The highest BCUT2D eigenvalue weighted by molar-refractivity contribution is 5.96. The van der Waals surface area contributed by atoms with Crippen molar-refractivity contribution in [1.82, 2.24) is 4.57 Å². The Labute approximate surface area is 118 Å². The quantitative estimate of drug-likeness (QED) is 0.908. The average molecular weight is 270 g/mol. The number of benzene rings is 1. The molecule has 0 aliphatic carbocycles. The molecule has 0 atom stereocenters. The van der Waals surface area contributed by atoms with E-state index in [-0.39, 0.29) is 5.78 Å². The molecule has 1 N–H and O–H groups in total. The number of hydrogen-bond acceptors (Lipinski definition) is 3. The molecule has 0 amide bonds. The molecule has 0 bridgehead atoms. The minimum absolute atomic E-state index is 0.248. The summed E-state index contributed by atoms with van der Waals surface area (Å²) >= 11 is 0. The third-order valence-electron chi connectivity index (χ3n) is 3.56. The van der Waals surface area contributed by atoms with E-state index in [1.54, 1.807) is 0 Å². The van der Waals surface area contributed by atoms with Gasteiger partial charge in [0.25, 0.3) is 0 Å². The van der Waals surface area contributed by atoms with Crippen LogP contribution in [0.2, 0.25) is 0 Å². The summed E-state index contributed by atoms with van der Waals surface area (Å²) in [5.74, 6) is 1.13. The summed E-state index contributed by atoms with van der Waals surface area (Å²) in [7, 11) is 0. The Bertz CT molecular complexity index is 614. The van der Waals surface area contributed by atoms with Crippen molar-refractivity contribution in [2.24, 2.45) is 0 Å². The lowest BCUT2D eigenvalue weighted by Crippen LogP contribution is -2.06. The molecule has 1 aliphatic heterocycles. The van der Waals surface area contributed by atoms with Gasteiger partial charge in [-0.3, -0.25) is 4.79 Å². The zero-order valence-electron chi connectivity index (χ0n) is 11.6. The lowest BCUT2D eigenvalue weighted by molar-refractivity contribution is 0.0994. The molecular weight excluding hydrogens is 252 g/mol. The van der Waals surface area contributed by atoms with Crippen molar-refractivity contribution in [2.75, 3.05) is 11.9 Å². The maximum absolute atomic E-state index is 11.6. The highest BCUT2D eigenvalue weighted by Gasteiger charge is 2.21. The van der Waals surface area contributed by atoms with E-state index in [0.717, 1.165) is 35.9 Å². The highest BCUT2D eigenvalue weighted by Crippen LogP contribution is 2.21. The van der Waals surface area contributed by atoms with Crippen molar-refractivity contribution in [3.63, 3.8) is 0 Å². The van der Waals surface area contributed by atoms with Crippen LogP contribution < -0.4 is 10.1 Å². The molecule has 1 aromatic heterocycles. The second-order valence-corrected chi connectivity index (χ2v) is 4.85. The van der Waals surface area contributed by atoms with Crippen LogP contribution in [0.4, 0.5) is 5.69 Å². The SMILES string of the molecule is CCOc1ccc(NCc2ccc3n2CCC3=O)cc1. The average Bonchev–Trinajstić information content (AvgIpc) is 3.02. The molecule has 2 heterocycles. The molecule has 1 aliphatic rings. The van der Waals surface area contributed by atoms with Crippen LogP contribution in [0.5, 0.6) is 5.75 Å². The number of nitrogens with one attached hydrogen (secondary N) is 1. The number of carbonyl (C=O) groups excluding carboxylic acids is 1. The molecule has 0 saturated heterocycles. The van der Waals surface area contributed by atoms with Crippen molar-refractivity contribution >= 4 is 11.5 Å². The molecule has 0 fully saturated rings. The Morgan fingerprint density at radius 1 is 1.20 bits per heavy atom. The number of nitrogens with zero attached hydrogens (tertiary/aromatic N) is 1. The maximum atomic E-state index is 11.6. The molecule has 0 unspecified atom stereocenters. The van der Waals surface area contributed by atoms with Crippen molar-refractivity contribution in [3.8, 4) is 5.75 Å². The molecule has 2 aromatic rings. The van der Waals surface area contributed by atoms with Gasteiger partial charge in [-0.25, -0.2) is 0 Å². The first-order valence-corrected chi connectivity index (χ1v) is 6.96. The first-order chi connectivity index (χ1) is 9.78. The molecular formula is C16H18N2O2. The van der Waals surface area contributed by atoms with Gasteiger partial charge in [-0.2, -0.15) is 0 Å². The predicted molar refractivity (Wildman–Crippen MR) is 78.3 cm³/mol. The molecule has 4 heteroatoms. The van der Waals surface area contributed by atoms with Crippen LogP contribution in [0.3, 0.4) is 0 Å². The van der Waals surface area contributed by atoms with Crippen LogP contribution in [0.1, 0.15) is 29.5 Å². The van der Waals surface area contributed by atoms with Crippen LogP contribution in [-0.4, -0.2) is 17.0 Å². The fraction of sp³-hybridized carbons (Fsp3) is 0.312. The number of aromatic nitrogens is 1. The standard InChI is InChI=1S/C16H18N2O2/c1-2-20-14-6-3-12(4-7-14)17-11-13-5-8-15-16(19)9-10-18(13)15/h3-8,17H,2,9-11H2,1H3. The Morgan fingerprint density at radius 2 is 2.00 bits per heavy atom. The summed E-state index contributed by atoms with van der Waals surface area (Å²) in [6.45, 7) is 4.18. The van der Waals surface area contributed by atoms with Crippen LogP contribution in [-0.2, 0) is 13.1 Å². The van der Waals surface area contributed by atoms with E-state index in [1.165, 1.54) is 0 Å². The second-order valence-electron chi connectivity index (χ2n) is 4.85. The van der Waals surface area contributed by atoms with Crippen LogP contribution >= 0.6 is 0 Å². The van der Waals surface area contributed by atoms with Crippen LogP contribution in [0, 0.1) is 0 Å². The molecule has 0 radical (unpaired) electrons. The number of ketones is 1.